The van der Waals surface area contributed by atoms with Crippen molar-refractivity contribution >= 4 is 17.8 Å². The van der Waals surface area contributed by atoms with Gasteiger partial charge in [-0.2, -0.15) is 0 Å². The van der Waals surface area contributed by atoms with E-state index in [0.717, 1.165) is 12.8 Å². The minimum atomic E-state index is -1.11. The van der Waals surface area contributed by atoms with E-state index in [1.807, 2.05) is 6.92 Å². The molecule has 8 heteroatoms. The first-order chi connectivity index (χ1) is 12.9. The van der Waals surface area contributed by atoms with Gasteiger partial charge in [0.15, 0.2) is 0 Å². The van der Waals surface area contributed by atoms with Crippen LogP contribution in [0.2, 0.25) is 0 Å². The van der Waals surface area contributed by atoms with Crippen LogP contribution in [0.5, 0.6) is 0 Å². The van der Waals surface area contributed by atoms with Gasteiger partial charge in [-0.05, 0) is 19.3 Å². The van der Waals surface area contributed by atoms with Gasteiger partial charge in [0.2, 0.25) is 11.8 Å². The number of carbonyl (C=O) groups is 3. The number of hydrogen-bond acceptors (Lipinski definition) is 5. The van der Waals surface area contributed by atoms with E-state index in [0.29, 0.717) is 25.9 Å². The zero-order valence-electron chi connectivity index (χ0n) is 15.7. The van der Waals surface area contributed by atoms with Crippen LogP contribution in [0.15, 0.2) is 12.7 Å². The molecule has 1 spiro atoms. The standard InChI is InChI=1S/C19H28N2O6/c1-3-5-9-20(8-4-2)17(24)15-19-7-6-12(27-19)13(18(25)26)14(19)16(23)21(15)10-11-22/h4,12-15,22H,2-3,5-11H2,1H3,(H,25,26)/t12-,13+,14-,15?,19?/m0/s1. The zero-order chi connectivity index (χ0) is 19.8. The van der Waals surface area contributed by atoms with E-state index in [4.69, 9.17) is 4.74 Å². The van der Waals surface area contributed by atoms with E-state index >= 15 is 0 Å². The lowest BCUT2D eigenvalue weighted by Crippen LogP contribution is -2.56. The fourth-order valence-electron chi connectivity index (χ4n) is 5.03. The number of aliphatic hydroxyl groups excluding tert-OH is 1. The average molecular weight is 380 g/mol. The topological polar surface area (TPSA) is 107 Å². The smallest absolute Gasteiger partial charge is 0.310 e. The lowest BCUT2D eigenvalue weighted by molar-refractivity contribution is -0.151. The normalized spacial score (nSPS) is 34.0. The van der Waals surface area contributed by atoms with Crippen LogP contribution in [0.4, 0.5) is 0 Å². The maximum Gasteiger partial charge on any atom is 0.310 e. The number of carboxylic acids is 1. The highest BCUT2D eigenvalue weighted by Gasteiger charge is 2.74. The number of fused-ring (bicyclic) bond motifs is 1. The number of nitrogens with zero attached hydrogens (tertiary/aromatic N) is 2. The van der Waals surface area contributed by atoms with Crippen molar-refractivity contribution in [2.24, 2.45) is 11.8 Å². The molecule has 2 amide bonds. The van der Waals surface area contributed by atoms with Gasteiger partial charge in [-0.1, -0.05) is 19.4 Å². The van der Waals surface area contributed by atoms with Crippen LogP contribution in [-0.2, 0) is 19.1 Å². The molecule has 2 unspecified atom stereocenters. The number of carbonyl (C=O) groups excluding carboxylic acids is 2. The van der Waals surface area contributed by atoms with Crippen LogP contribution in [0.3, 0.4) is 0 Å². The quantitative estimate of drug-likeness (QED) is 0.556. The Morgan fingerprint density at radius 2 is 2.22 bits per heavy atom. The number of ether oxygens (including phenoxy) is 1. The maximum atomic E-state index is 13.4. The van der Waals surface area contributed by atoms with Crippen molar-refractivity contribution < 1.29 is 29.3 Å². The molecule has 2 bridgehead atoms. The summed E-state index contributed by atoms with van der Waals surface area (Å²) >= 11 is 0. The molecule has 0 aromatic rings. The third-order valence-corrected chi connectivity index (χ3v) is 6.10. The van der Waals surface area contributed by atoms with Gasteiger partial charge in [-0.15, -0.1) is 6.58 Å². The van der Waals surface area contributed by atoms with Gasteiger partial charge in [-0.25, -0.2) is 0 Å². The van der Waals surface area contributed by atoms with Crippen LogP contribution in [0, 0.1) is 11.8 Å². The molecule has 5 atom stereocenters. The van der Waals surface area contributed by atoms with Gasteiger partial charge in [0.05, 0.1) is 24.5 Å². The third kappa shape index (κ3) is 2.95. The Morgan fingerprint density at radius 3 is 2.81 bits per heavy atom. The van der Waals surface area contributed by atoms with Crippen molar-refractivity contribution in [2.45, 2.75) is 50.4 Å². The summed E-state index contributed by atoms with van der Waals surface area (Å²) in [5.41, 5.74) is -1.11. The summed E-state index contributed by atoms with van der Waals surface area (Å²) in [6.07, 6.45) is 3.84. The second-order valence-corrected chi connectivity index (χ2v) is 7.58. The van der Waals surface area contributed by atoms with Gasteiger partial charge >= 0.3 is 5.97 Å². The summed E-state index contributed by atoms with van der Waals surface area (Å²) in [6, 6.07) is -0.895. The van der Waals surface area contributed by atoms with E-state index in [9.17, 15) is 24.6 Å². The molecule has 150 valence electrons. The molecular weight excluding hydrogens is 352 g/mol. The Hall–Kier alpha value is -1.93. The lowest BCUT2D eigenvalue weighted by atomic mass is 9.70. The minimum Gasteiger partial charge on any atom is -0.481 e. The van der Waals surface area contributed by atoms with E-state index in [-0.39, 0.29) is 19.1 Å². The van der Waals surface area contributed by atoms with Crippen LogP contribution < -0.4 is 0 Å². The van der Waals surface area contributed by atoms with E-state index in [1.165, 1.54) is 4.90 Å². The fraction of sp³-hybridized carbons (Fsp3) is 0.737. The summed E-state index contributed by atoms with van der Waals surface area (Å²) in [6.45, 7) is 6.32. The monoisotopic (exact) mass is 380 g/mol. The highest BCUT2D eigenvalue weighted by Crippen LogP contribution is 2.58. The summed E-state index contributed by atoms with van der Waals surface area (Å²) in [5, 5.41) is 19.1. The highest BCUT2D eigenvalue weighted by molar-refractivity contribution is 5.98. The van der Waals surface area contributed by atoms with Crippen LogP contribution in [0.1, 0.15) is 32.6 Å². The third-order valence-electron chi connectivity index (χ3n) is 6.10. The summed E-state index contributed by atoms with van der Waals surface area (Å²) in [4.78, 5) is 41.3. The molecule has 0 aromatic carbocycles. The molecule has 0 aliphatic carbocycles. The van der Waals surface area contributed by atoms with Gasteiger partial charge in [-0.3, -0.25) is 14.4 Å². The van der Waals surface area contributed by atoms with Gasteiger partial charge in [0, 0.05) is 19.6 Å². The number of amides is 2. The van der Waals surface area contributed by atoms with Crippen LogP contribution in [-0.4, -0.2) is 81.8 Å². The second kappa shape index (κ2) is 7.59. The number of hydrogen-bond donors (Lipinski definition) is 2. The predicted molar refractivity (Wildman–Crippen MR) is 95.7 cm³/mol. The number of carboxylic acid groups (broad SMARTS) is 1. The summed E-state index contributed by atoms with van der Waals surface area (Å²) in [7, 11) is 0. The number of rotatable bonds is 9. The Kier molecular flexibility index (Phi) is 5.58. The van der Waals surface area contributed by atoms with Crippen molar-refractivity contribution in [3.63, 3.8) is 0 Å². The first-order valence-electron chi connectivity index (χ1n) is 9.64. The van der Waals surface area contributed by atoms with Crippen molar-refractivity contribution in [3.05, 3.63) is 12.7 Å². The van der Waals surface area contributed by atoms with E-state index in [2.05, 4.69) is 6.58 Å². The Morgan fingerprint density at radius 1 is 1.48 bits per heavy atom. The van der Waals surface area contributed by atoms with Gasteiger partial charge < -0.3 is 24.7 Å². The Balaban J connectivity index is 1.98. The lowest BCUT2D eigenvalue weighted by Gasteiger charge is -2.36. The number of β-amino-alcohol motifs (C(OH)–C–C–N with tert-alkyl or cyclic N) is 1. The largest absolute Gasteiger partial charge is 0.481 e. The highest BCUT2D eigenvalue weighted by atomic mass is 16.5. The Labute approximate surface area is 158 Å². The van der Waals surface area contributed by atoms with Crippen molar-refractivity contribution in [3.8, 4) is 0 Å². The van der Waals surface area contributed by atoms with Crippen molar-refractivity contribution in [1.29, 1.82) is 0 Å². The molecule has 0 aromatic heterocycles. The van der Waals surface area contributed by atoms with E-state index in [1.54, 1.807) is 11.0 Å². The number of unbranched alkanes of at least 4 members (excludes halogenated alkanes) is 1. The predicted octanol–water partition coefficient (Wildman–Crippen LogP) is 0.253. The van der Waals surface area contributed by atoms with Crippen LogP contribution >= 0.6 is 0 Å². The molecule has 8 nitrogen and oxygen atoms in total. The summed E-state index contributed by atoms with van der Waals surface area (Å²) in [5.74, 6) is -3.52. The number of aliphatic carboxylic acids is 1. The SMILES string of the molecule is C=CCN(CCCC)C(=O)C1N(CCO)C(=O)[C@@H]2[C@H](C(=O)O)[C@@H]3CCC12O3. The average Bonchev–Trinajstić information content (AvgIpc) is 3.26. The molecule has 3 aliphatic heterocycles. The maximum absolute atomic E-state index is 13.4. The first kappa shape index (κ1) is 19.8. The molecule has 3 aliphatic rings. The van der Waals surface area contributed by atoms with Gasteiger partial charge in [0.25, 0.3) is 0 Å². The molecule has 27 heavy (non-hydrogen) atoms. The second-order valence-electron chi connectivity index (χ2n) is 7.58. The Bertz CT molecular complexity index is 638. The molecule has 3 saturated heterocycles. The first-order valence-corrected chi connectivity index (χ1v) is 9.64. The molecule has 3 heterocycles. The molecule has 0 radical (unpaired) electrons. The summed E-state index contributed by atoms with van der Waals surface area (Å²) < 4.78 is 6.07. The fourth-order valence-corrected chi connectivity index (χ4v) is 5.03. The van der Waals surface area contributed by atoms with Crippen molar-refractivity contribution in [1.82, 2.24) is 9.80 Å². The molecule has 3 fully saturated rings. The molecule has 2 N–H and O–H groups in total. The zero-order valence-corrected chi connectivity index (χ0v) is 15.7. The molecule has 3 rings (SSSR count). The van der Waals surface area contributed by atoms with Crippen molar-refractivity contribution in [2.75, 3.05) is 26.2 Å². The molecule has 0 saturated carbocycles. The number of likely N-dealkylation sites (tertiary alicyclic amines) is 1. The number of aliphatic hydroxyl groups is 1. The van der Waals surface area contributed by atoms with Crippen LogP contribution in [0.25, 0.3) is 0 Å². The van der Waals surface area contributed by atoms with E-state index < -0.39 is 41.5 Å². The minimum absolute atomic E-state index is 0.0104. The van der Waals surface area contributed by atoms with Gasteiger partial charge in [0.1, 0.15) is 11.6 Å². The molecular formula is C19H28N2O6.